The predicted octanol–water partition coefficient (Wildman–Crippen LogP) is 4.46. The second-order valence-electron chi connectivity index (χ2n) is 9.73. The molecule has 0 unspecified atom stereocenters. The average Bonchev–Trinajstić information content (AvgIpc) is 3.29. The average molecular weight is 518 g/mol. The molecule has 1 aromatic carbocycles. The second-order valence-corrected chi connectivity index (χ2v) is 9.73. The Morgan fingerprint density at radius 1 is 1.14 bits per heavy atom. The molecule has 37 heavy (non-hydrogen) atoms. The highest BCUT2D eigenvalue weighted by atomic mass is 19.4. The molecule has 0 bridgehead atoms. The number of aryl methyl sites for hydroxylation is 1. The van der Waals surface area contributed by atoms with E-state index < -0.39 is 23.0 Å². The summed E-state index contributed by atoms with van der Waals surface area (Å²) in [4.78, 5) is 21.9. The topological polar surface area (TPSA) is 53.4 Å². The molecule has 1 N–H and O–H groups in total. The number of hydrogen-bond donors (Lipinski definition) is 1. The number of carbonyl (C=O) groups excluding carboxylic acids is 1. The van der Waals surface area contributed by atoms with Gasteiger partial charge in [-0.3, -0.25) is 9.78 Å². The van der Waals surface area contributed by atoms with Crippen LogP contribution in [0.4, 0.5) is 23.2 Å². The minimum absolute atomic E-state index is 0.104. The van der Waals surface area contributed by atoms with Gasteiger partial charge in [0.25, 0.3) is 0 Å². The van der Waals surface area contributed by atoms with Crippen molar-refractivity contribution in [3.05, 3.63) is 71.8 Å². The van der Waals surface area contributed by atoms with Gasteiger partial charge in [0.1, 0.15) is 5.82 Å². The Bertz CT molecular complexity index is 1230. The first-order valence-corrected chi connectivity index (χ1v) is 12.1. The number of nitrogens with one attached hydrogen (secondary N) is 1. The number of hydrogen-bond acceptors (Lipinski definition) is 4. The van der Waals surface area contributed by atoms with Crippen molar-refractivity contribution in [3.8, 4) is 11.4 Å². The Morgan fingerprint density at radius 2 is 1.86 bits per heavy atom. The fraction of sp³-hybridized carbons (Fsp3) is 0.407. The largest absolute Gasteiger partial charge is 0.416 e. The van der Waals surface area contributed by atoms with E-state index in [4.69, 9.17) is 0 Å². The quantitative estimate of drug-likeness (QED) is 0.471. The van der Waals surface area contributed by atoms with Crippen LogP contribution in [0, 0.1) is 5.82 Å². The predicted molar refractivity (Wildman–Crippen MR) is 135 cm³/mol. The van der Waals surface area contributed by atoms with Gasteiger partial charge in [0.15, 0.2) is 0 Å². The first kappa shape index (κ1) is 26.7. The zero-order valence-electron chi connectivity index (χ0n) is 21.1. The van der Waals surface area contributed by atoms with Gasteiger partial charge in [-0.2, -0.15) is 13.2 Å². The summed E-state index contributed by atoms with van der Waals surface area (Å²) in [6, 6.07) is 10.3. The third-order valence-electron chi connectivity index (χ3n) is 7.03. The lowest BCUT2D eigenvalue weighted by Gasteiger charge is -2.42. The van der Waals surface area contributed by atoms with Crippen LogP contribution >= 0.6 is 0 Å². The van der Waals surface area contributed by atoms with Crippen molar-refractivity contribution in [2.75, 3.05) is 45.2 Å². The van der Waals surface area contributed by atoms with Gasteiger partial charge in [0.2, 0.25) is 5.91 Å². The number of aromatic nitrogens is 2. The van der Waals surface area contributed by atoms with E-state index in [0.29, 0.717) is 45.1 Å². The maximum Gasteiger partial charge on any atom is 0.416 e. The number of amides is 1. The van der Waals surface area contributed by atoms with Crippen LogP contribution in [0.5, 0.6) is 0 Å². The summed E-state index contributed by atoms with van der Waals surface area (Å²) in [6.45, 7) is 1.76. The molecule has 2 aromatic heterocycles. The molecule has 0 spiro atoms. The molecule has 1 aliphatic heterocycles. The van der Waals surface area contributed by atoms with Gasteiger partial charge in [-0.1, -0.05) is 6.07 Å². The molecule has 0 saturated carbocycles. The Labute approximate surface area is 213 Å². The number of benzene rings is 1. The van der Waals surface area contributed by atoms with Crippen molar-refractivity contribution in [3.63, 3.8) is 0 Å². The SMILES string of the molecule is CN(C)CCNC(=O)C1(c2ccc(-c3cccn3C)nc2)CCN(c2ccc(C(F)(F)F)cc2F)CC1. The standard InChI is InChI=1S/C27H31F4N5O/c1-34(2)16-12-32-25(37)26(20-6-8-22(33-18-20)24-5-4-13-35(24)3)10-14-36(15-11-26)23-9-7-19(17-21(23)28)27(29,30)31/h4-9,13,17-18H,10-12,14-16H2,1-3H3,(H,32,37). The van der Waals surface area contributed by atoms with E-state index in [1.54, 1.807) is 11.1 Å². The first-order valence-electron chi connectivity index (χ1n) is 12.1. The molecule has 6 nitrogen and oxygen atoms in total. The Kier molecular flexibility index (Phi) is 7.59. The molecule has 4 rings (SSSR count). The number of anilines is 1. The van der Waals surface area contributed by atoms with Gasteiger partial charge in [0.05, 0.1) is 28.1 Å². The monoisotopic (exact) mass is 517 g/mol. The van der Waals surface area contributed by atoms with Gasteiger partial charge in [-0.25, -0.2) is 4.39 Å². The van der Waals surface area contributed by atoms with Crippen LogP contribution < -0.4 is 10.2 Å². The van der Waals surface area contributed by atoms with Crippen LogP contribution in [0.25, 0.3) is 11.4 Å². The zero-order chi connectivity index (χ0) is 26.8. The van der Waals surface area contributed by atoms with E-state index in [2.05, 4.69) is 10.3 Å². The third kappa shape index (κ3) is 5.64. The number of pyridine rings is 1. The Balaban J connectivity index is 1.59. The molecule has 1 saturated heterocycles. The molecule has 10 heteroatoms. The molecule has 198 valence electrons. The maximum absolute atomic E-state index is 14.7. The van der Waals surface area contributed by atoms with E-state index >= 15 is 0 Å². The number of piperidine rings is 1. The lowest BCUT2D eigenvalue weighted by molar-refractivity contribution is -0.137. The number of halogens is 4. The van der Waals surface area contributed by atoms with Crippen molar-refractivity contribution in [1.29, 1.82) is 0 Å². The summed E-state index contributed by atoms with van der Waals surface area (Å²) in [5.41, 5.74) is 0.689. The van der Waals surface area contributed by atoms with Gasteiger partial charge in [-0.05, 0) is 68.9 Å². The highest BCUT2D eigenvalue weighted by molar-refractivity contribution is 5.88. The first-order chi connectivity index (χ1) is 17.5. The molecule has 1 fully saturated rings. The van der Waals surface area contributed by atoms with Crippen molar-refractivity contribution >= 4 is 11.6 Å². The summed E-state index contributed by atoms with van der Waals surface area (Å²) in [7, 11) is 5.77. The zero-order valence-corrected chi connectivity index (χ0v) is 21.1. The minimum atomic E-state index is -4.61. The van der Waals surface area contributed by atoms with Crippen molar-refractivity contribution in [2.24, 2.45) is 7.05 Å². The van der Waals surface area contributed by atoms with Crippen molar-refractivity contribution in [2.45, 2.75) is 24.4 Å². The van der Waals surface area contributed by atoms with Crippen LogP contribution in [0.15, 0.2) is 54.9 Å². The van der Waals surface area contributed by atoms with E-state index in [1.807, 2.05) is 61.1 Å². The number of rotatable bonds is 7. The van der Waals surface area contributed by atoms with Gasteiger partial charge < -0.3 is 19.7 Å². The molecular formula is C27H31F4N5O. The van der Waals surface area contributed by atoms with Crippen LogP contribution in [0.3, 0.4) is 0 Å². The normalized spacial score (nSPS) is 15.7. The summed E-state index contributed by atoms with van der Waals surface area (Å²) >= 11 is 0. The minimum Gasteiger partial charge on any atom is -0.369 e. The fourth-order valence-corrected chi connectivity index (χ4v) is 4.83. The van der Waals surface area contributed by atoms with Crippen molar-refractivity contribution in [1.82, 2.24) is 19.8 Å². The van der Waals surface area contributed by atoms with Gasteiger partial charge in [0, 0.05) is 45.6 Å². The molecule has 0 radical (unpaired) electrons. The van der Waals surface area contributed by atoms with Gasteiger partial charge >= 0.3 is 6.18 Å². The summed E-state index contributed by atoms with van der Waals surface area (Å²) in [5, 5.41) is 3.03. The molecule has 0 atom stereocenters. The van der Waals surface area contributed by atoms with Crippen molar-refractivity contribution < 1.29 is 22.4 Å². The van der Waals surface area contributed by atoms with E-state index in [0.717, 1.165) is 23.0 Å². The Hall–Kier alpha value is -3.40. The molecule has 3 heterocycles. The fourth-order valence-electron chi connectivity index (χ4n) is 4.83. The molecule has 0 aliphatic carbocycles. The summed E-state index contributed by atoms with van der Waals surface area (Å²) in [6.07, 6.45) is -0.221. The van der Waals surface area contributed by atoms with E-state index in [1.165, 1.54) is 6.07 Å². The Morgan fingerprint density at radius 3 is 2.41 bits per heavy atom. The molecular weight excluding hydrogens is 486 g/mol. The molecule has 3 aromatic rings. The van der Waals surface area contributed by atoms with Crippen LogP contribution in [-0.2, 0) is 23.4 Å². The van der Waals surface area contributed by atoms with E-state index in [9.17, 15) is 22.4 Å². The van der Waals surface area contributed by atoms with Crippen LogP contribution in [0.2, 0.25) is 0 Å². The van der Waals surface area contributed by atoms with E-state index in [-0.39, 0.29) is 11.6 Å². The van der Waals surface area contributed by atoms with Crippen LogP contribution in [0.1, 0.15) is 24.0 Å². The molecule has 1 aliphatic rings. The van der Waals surface area contributed by atoms with Crippen LogP contribution in [-0.4, -0.2) is 60.6 Å². The number of alkyl halides is 3. The summed E-state index contributed by atoms with van der Waals surface area (Å²) in [5.74, 6) is -1.05. The smallest absolute Gasteiger partial charge is 0.369 e. The second kappa shape index (κ2) is 10.5. The molecule has 1 amide bonds. The lowest BCUT2D eigenvalue weighted by atomic mass is 9.72. The summed E-state index contributed by atoms with van der Waals surface area (Å²) < 4.78 is 55.5. The van der Waals surface area contributed by atoms with Gasteiger partial charge in [-0.15, -0.1) is 0 Å². The third-order valence-corrected chi connectivity index (χ3v) is 7.03. The maximum atomic E-state index is 14.7. The number of likely N-dealkylation sites (N-methyl/N-ethyl adjacent to an activating group) is 1. The highest BCUT2D eigenvalue weighted by Crippen LogP contribution is 2.39. The lowest BCUT2D eigenvalue weighted by Crippen LogP contribution is -2.52. The number of nitrogens with zero attached hydrogens (tertiary/aromatic N) is 4. The highest BCUT2D eigenvalue weighted by Gasteiger charge is 2.43. The number of carbonyl (C=O) groups is 1.